The molecule has 56 heteroatoms. The second-order valence-corrected chi connectivity index (χ2v) is 45.8. The maximum atomic E-state index is 5.37. The molecule has 0 atom stereocenters. The van der Waals surface area contributed by atoms with Gasteiger partial charge >= 0.3 is 0 Å². The van der Waals surface area contributed by atoms with Crippen LogP contribution in [0.15, 0.2) is 261 Å². The summed E-state index contributed by atoms with van der Waals surface area (Å²) < 4.78 is 10.8. The van der Waals surface area contributed by atoms with Gasteiger partial charge < -0.3 is 18.9 Å². The summed E-state index contributed by atoms with van der Waals surface area (Å²) >= 11 is 29.3. The van der Waals surface area contributed by atoms with Crippen LogP contribution in [0.5, 0.6) is 0 Å². The number of fused-ring (bicyclic) bond motifs is 9. The number of rotatable bonds is 18. The van der Waals surface area contributed by atoms with Crippen LogP contribution in [0.3, 0.4) is 0 Å². The number of tetrazole rings is 3. The number of aromatic nitrogens is 37. The molecule has 140 heavy (non-hydrogen) atoms. The minimum atomic E-state index is 0.557. The zero-order valence-electron chi connectivity index (χ0n) is 73.4. The number of nitrogens with zero attached hydrogens (tertiary/aromatic N) is 34. The third-order valence-electron chi connectivity index (χ3n) is 20.3. The number of ether oxygens (including phenoxy) is 1. The first-order valence-electron chi connectivity index (χ1n) is 42.3. The molecule has 0 bridgehead atoms. The Labute approximate surface area is 869 Å². The molecule has 3 aliphatic rings. The number of thioether (sulfide) groups is 3. The number of H-pyrrole nitrogens is 3. The molecule has 708 valence electrons. The van der Waals surface area contributed by atoms with Gasteiger partial charge in [-0.15, -0.1) is 173 Å². The lowest BCUT2D eigenvalue weighted by Gasteiger charge is -2.21. The van der Waals surface area contributed by atoms with E-state index in [9.17, 15) is 0 Å². The maximum absolute atomic E-state index is 5.37. The number of nitrogens with one attached hydrogen (secondary N) is 3. The molecule has 0 radical (unpaired) electrons. The highest BCUT2D eigenvalue weighted by Crippen LogP contribution is 2.42. The summed E-state index contributed by atoms with van der Waals surface area (Å²) in [5.74, 6) is 0. The molecule has 25 heterocycles. The Morgan fingerprint density at radius 2 is 0.636 bits per heavy atom. The summed E-state index contributed by atoms with van der Waals surface area (Å²) in [5, 5.41) is 109. The molecule has 38 nitrogen and oxygen atoms in total. The van der Waals surface area contributed by atoms with Gasteiger partial charge in [-0.3, -0.25) is 0 Å². The van der Waals surface area contributed by atoms with Gasteiger partial charge in [-0.2, -0.15) is 10.4 Å². The van der Waals surface area contributed by atoms with Crippen LogP contribution < -0.4 is 0 Å². The predicted octanol–water partition coefficient (Wildman–Crippen LogP) is 22.0. The Morgan fingerprint density at radius 3 is 0.950 bits per heavy atom. The highest BCUT2D eigenvalue weighted by molar-refractivity contribution is 8.01. The van der Waals surface area contributed by atoms with Gasteiger partial charge in [0.2, 0.25) is 15.5 Å². The van der Waals surface area contributed by atoms with E-state index in [4.69, 9.17) is 4.74 Å². The molecule has 24 aromatic rings. The van der Waals surface area contributed by atoms with E-state index in [1.807, 2.05) is 119 Å². The number of imidazole rings is 2. The Balaban J connectivity index is 0.000000100. The molecule has 1 aliphatic heterocycles. The molecule has 0 amide bonds. The molecule has 1 saturated heterocycles. The monoisotopic (exact) mass is 2190 g/mol. The Morgan fingerprint density at radius 1 is 0.307 bits per heavy atom. The fourth-order valence-electron chi connectivity index (χ4n) is 13.4. The van der Waals surface area contributed by atoms with Crippen molar-refractivity contribution < 1.29 is 4.74 Å². The second kappa shape index (κ2) is 49.8. The van der Waals surface area contributed by atoms with E-state index >= 15 is 0 Å². The zero-order valence-corrected chi connectivity index (χ0v) is 88.1. The molecule has 0 aromatic carbocycles. The quantitative estimate of drug-likeness (QED) is 0.0672. The van der Waals surface area contributed by atoms with Crippen molar-refractivity contribution in [3.05, 3.63) is 185 Å². The zero-order chi connectivity index (χ0) is 94.8. The third-order valence-corrected chi connectivity index (χ3v) is 36.9. The van der Waals surface area contributed by atoms with Crippen LogP contribution in [-0.2, 0) is 25.9 Å². The van der Waals surface area contributed by atoms with E-state index < -0.39 is 0 Å². The van der Waals surface area contributed by atoms with Crippen molar-refractivity contribution >= 4 is 306 Å². The van der Waals surface area contributed by atoms with E-state index in [-0.39, 0.29) is 0 Å². The Bertz CT molecular complexity index is 7340. The Hall–Kier alpha value is -10.8. The minimum absolute atomic E-state index is 0.557. The van der Waals surface area contributed by atoms with Crippen LogP contribution in [0.25, 0.3) is 98.1 Å². The Kier molecular flexibility index (Phi) is 34.9. The molecule has 3 fully saturated rings. The number of aromatic amines is 3. The number of hydrogen-bond acceptors (Lipinski definition) is 50. The third kappa shape index (κ3) is 26.0. The molecular formula is C84H73N37OS18. The van der Waals surface area contributed by atoms with Crippen LogP contribution in [0.1, 0.15) is 70.6 Å². The van der Waals surface area contributed by atoms with Crippen LogP contribution in [0.2, 0.25) is 0 Å². The average Bonchev–Trinajstić information content (AvgIpc) is 1.65. The summed E-state index contributed by atoms with van der Waals surface area (Å²) in [4.78, 5) is 88.0. The van der Waals surface area contributed by atoms with Crippen LogP contribution in [0.4, 0.5) is 0 Å². The lowest BCUT2D eigenvalue weighted by molar-refractivity contribution is 0.1000. The fraction of sp³-hybridized carbons (Fsp3) is 0.226. The summed E-state index contributed by atoms with van der Waals surface area (Å²) in [7, 11) is 5.68. The van der Waals surface area contributed by atoms with E-state index in [1.54, 1.807) is 195 Å². The first kappa shape index (κ1) is 98.0. The first-order chi connectivity index (χ1) is 69.1. The van der Waals surface area contributed by atoms with Crippen molar-refractivity contribution in [3.8, 4) is 0 Å². The van der Waals surface area contributed by atoms with Gasteiger partial charge in [0.25, 0.3) is 0 Å². The van der Waals surface area contributed by atoms with Gasteiger partial charge in [0, 0.05) is 220 Å². The lowest BCUT2D eigenvalue weighted by atomic mass is 10.0. The molecule has 2 saturated carbocycles. The first-order valence-corrected chi connectivity index (χ1v) is 58.3. The average molecular weight is 2190 g/mol. The topological polar surface area (TPSA) is 471 Å². The van der Waals surface area contributed by atoms with Gasteiger partial charge in [-0.25, -0.2) is 104 Å². The highest BCUT2D eigenvalue weighted by Gasteiger charge is 2.23. The second-order valence-electron chi connectivity index (χ2n) is 29.5. The molecular weight excluding hydrogens is 2120 g/mol. The lowest BCUT2D eigenvalue weighted by Crippen LogP contribution is -2.17. The largest absolute Gasteiger partial charge is 0.381 e. The van der Waals surface area contributed by atoms with Crippen molar-refractivity contribution in [2.75, 3.05) is 13.2 Å². The predicted molar refractivity (Wildman–Crippen MR) is 562 cm³/mol. The SMILES string of the molecule is Cn1ccnc1Sc1ncnc2cscc12.Cn1cnnc1Sc1ncnc2cscc12.Cn1nnnc1Sc1ncnc2cscc12.c1c[nH]c(Sc2ncnc3cscc23)n1.c1nc(SC2CCCC2)c2cscc2n1.c1nc(SC2CCCCC2)c2cscc2n1.c1nc(SC2CCOCC2)c2cscc2n1.c1nc(Sc2nn[nH]n2)c2cscc2n1.c1nc(Sc2nn[nH]n2)c2cscc2n1. The van der Waals surface area contributed by atoms with Crippen LogP contribution >= 0.6 is 208 Å². The summed E-state index contributed by atoms with van der Waals surface area (Å²) in [5.41, 5.74) is 9.06. The van der Waals surface area contributed by atoms with E-state index in [0.29, 0.717) is 20.7 Å². The van der Waals surface area contributed by atoms with Crippen molar-refractivity contribution in [2.45, 2.75) is 163 Å². The van der Waals surface area contributed by atoms with E-state index in [1.165, 1.54) is 155 Å². The van der Waals surface area contributed by atoms with Gasteiger partial charge in [0.15, 0.2) is 15.5 Å². The standard InChI is InChI=1S/C12H14N2S2.C11H12N2OS2.C11H12N2S2.C10H8N4S2.C9H7N5S2.C9H6N4S2.C8H6N6S2.2C7H4N6S2/c1-2-4-9(5-3-1)16-12-10-6-15-7-11(10)13-8-14-12;1-3-14-4-2-8(1)16-11-9-5-15-6-10(9)12-7-13-11;1-2-4-8(3-1)15-11-9-5-14-6-10(9)12-7-13-11;1-14-3-2-11-10(14)16-9-7-4-15-5-8(7)12-6-13-9;1-14-5-12-13-9(14)16-8-6-2-15-3-7(6)10-4-11-8;1-2-11-9(10-1)15-8-6-3-14-4-7(6)12-5-13-8;1-14-8(11-12-13-14)16-7-5-2-15-3-6(5)9-4-10-7;2*1-4-5(2-14-1)8-3-9-6(4)15-7-10-12-13-11-7/h6-9H,1-5H2;5-8H,1-4H2;5-8H,1-4H2;2-6H,1H3;2-5H,1H3;1-5H,(H,10,11);2-4H,1H3;2*1-3H,(H,10,11,12,13). The summed E-state index contributed by atoms with van der Waals surface area (Å²) in [6.07, 6.45) is 37.9. The normalized spacial score (nSPS) is 13.3. The molecule has 0 spiro atoms. The highest BCUT2D eigenvalue weighted by atomic mass is 32.2. The van der Waals surface area contributed by atoms with Crippen molar-refractivity contribution in [1.29, 1.82) is 0 Å². The molecule has 24 aromatic heterocycles. The van der Waals surface area contributed by atoms with Crippen molar-refractivity contribution in [3.63, 3.8) is 0 Å². The number of hydrogen-bond donors (Lipinski definition) is 3. The molecule has 2 aliphatic carbocycles. The van der Waals surface area contributed by atoms with Crippen molar-refractivity contribution in [1.82, 2.24) is 185 Å². The molecule has 27 rings (SSSR count). The van der Waals surface area contributed by atoms with Gasteiger partial charge in [-0.05, 0) is 130 Å². The van der Waals surface area contributed by atoms with Gasteiger partial charge in [0.1, 0.15) is 109 Å². The minimum Gasteiger partial charge on any atom is -0.381 e. The van der Waals surface area contributed by atoms with E-state index in [2.05, 4.69) is 215 Å². The molecule has 3 N–H and O–H groups in total. The number of thiophene rings is 9. The maximum Gasteiger partial charge on any atom is 0.237 e. The number of aryl methyl sites for hydroxylation is 3. The molecule has 0 unspecified atom stereocenters. The summed E-state index contributed by atoms with van der Waals surface area (Å²) in [6, 6.07) is 0. The van der Waals surface area contributed by atoms with Crippen molar-refractivity contribution in [2.24, 2.45) is 21.1 Å². The van der Waals surface area contributed by atoms with Crippen LogP contribution in [0, 0.1) is 0 Å². The summed E-state index contributed by atoms with van der Waals surface area (Å²) in [6.45, 7) is 1.77. The fourth-order valence-corrected chi connectivity index (χ4v) is 29.3. The van der Waals surface area contributed by atoms with Gasteiger partial charge in [-0.1, -0.05) is 32.1 Å². The van der Waals surface area contributed by atoms with Crippen LogP contribution in [-0.4, -0.2) is 214 Å². The smallest absolute Gasteiger partial charge is 0.237 e. The van der Waals surface area contributed by atoms with Gasteiger partial charge in [0.05, 0.1) is 49.7 Å². The van der Waals surface area contributed by atoms with E-state index in [0.717, 1.165) is 169 Å².